The van der Waals surface area contributed by atoms with Crippen molar-refractivity contribution in [3.8, 4) is 11.5 Å². The number of fused-ring (bicyclic) bond motifs is 2. The van der Waals surface area contributed by atoms with Crippen molar-refractivity contribution in [3.05, 3.63) is 59.9 Å². The van der Waals surface area contributed by atoms with Gasteiger partial charge in [-0.2, -0.15) is 0 Å². The maximum atomic E-state index is 9.73. The van der Waals surface area contributed by atoms with E-state index in [1.807, 2.05) is 24.4 Å². The molecule has 0 aliphatic carbocycles. The Morgan fingerprint density at radius 3 is 2.82 bits per heavy atom. The molecule has 28 heavy (non-hydrogen) atoms. The van der Waals surface area contributed by atoms with E-state index in [0.29, 0.717) is 12.3 Å². The lowest BCUT2D eigenvalue weighted by Gasteiger charge is -2.08. The average Bonchev–Trinajstić information content (AvgIpc) is 3.26. The van der Waals surface area contributed by atoms with Crippen LogP contribution in [-0.2, 0) is 19.5 Å². The van der Waals surface area contributed by atoms with Crippen molar-refractivity contribution in [2.75, 3.05) is 20.2 Å². The topological polar surface area (TPSA) is 88.2 Å². The minimum atomic E-state index is 0.294. The van der Waals surface area contributed by atoms with E-state index >= 15 is 0 Å². The Hall–Kier alpha value is -2.96. The monoisotopic (exact) mass is 378 g/mol. The molecule has 2 aromatic carbocycles. The number of nitrogens with one attached hydrogen (secondary N) is 2. The van der Waals surface area contributed by atoms with E-state index in [1.54, 1.807) is 13.2 Å². The molecule has 4 rings (SSSR count). The van der Waals surface area contributed by atoms with Gasteiger partial charge < -0.3 is 25.1 Å². The Labute approximate surface area is 163 Å². The third kappa shape index (κ3) is 3.56. The predicted octanol–water partition coefficient (Wildman–Crippen LogP) is 3.13. The zero-order valence-corrected chi connectivity index (χ0v) is 16.0. The molecule has 6 heteroatoms. The maximum absolute atomic E-state index is 9.73. The van der Waals surface area contributed by atoms with Gasteiger partial charge in [-0.25, -0.2) is 0 Å². The lowest BCUT2D eigenvalue weighted by atomic mass is 10.1. The number of ether oxygens (including phenoxy) is 1. The van der Waals surface area contributed by atoms with Gasteiger partial charge in [0.2, 0.25) is 0 Å². The molecule has 0 unspecified atom stereocenters. The first-order valence-corrected chi connectivity index (χ1v) is 9.55. The lowest BCUT2D eigenvalue weighted by Crippen LogP contribution is -2.20. The number of rotatable bonds is 8. The van der Waals surface area contributed by atoms with Crippen LogP contribution >= 0.6 is 0 Å². The zero-order chi connectivity index (χ0) is 19.5. The van der Waals surface area contributed by atoms with E-state index in [4.69, 9.17) is 10.5 Å². The molecule has 0 atom stereocenters. The lowest BCUT2D eigenvalue weighted by molar-refractivity contribution is 0.415. The van der Waals surface area contributed by atoms with Crippen LogP contribution in [0.3, 0.4) is 0 Å². The van der Waals surface area contributed by atoms with Crippen LogP contribution < -0.4 is 15.8 Å². The molecule has 5 N–H and O–H groups in total. The van der Waals surface area contributed by atoms with Crippen molar-refractivity contribution < 1.29 is 9.84 Å². The first-order valence-electron chi connectivity index (χ1n) is 9.55. The van der Waals surface area contributed by atoms with Gasteiger partial charge in [0.25, 0.3) is 0 Å². The molecule has 2 heterocycles. The fourth-order valence-electron chi connectivity index (χ4n) is 3.76. The molecular weight excluding hydrogens is 352 g/mol. The van der Waals surface area contributed by atoms with Gasteiger partial charge in [-0.15, -0.1) is 0 Å². The Morgan fingerprint density at radius 2 is 2.00 bits per heavy atom. The number of aromatic hydroxyl groups is 1. The molecule has 0 radical (unpaired) electrons. The van der Waals surface area contributed by atoms with Gasteiger partial charge in [0.15, 0.2) is 0 Å². The first-order chi connectivity index (χ1) is 13.7. The van der Waals surface area contributed by atoms with Gasteiger partial charge in [-0.1, -0.05) is 0 Å². The van der Waals surface area contributed by atoms with Crippen LogP contribution in [0.4, 0.5) is 0 Å². The molecule has 0 bridgehead atoms. The summed E-state index contributed by atoms with van der Waals surface area (Å²) in [5.41, 5.74) is 10.4. The van der Waals surface area contributed by atoms with Crippen LogP contribution in [0.5, 0.6) is 11.5 Å². The molecule has 0 spiro atoms. The quantitative estimate of drug-likeness (QED) is 0.355. The van der Waals surface area contributed by atoms with Crippen molar-refractivity contribution in [2.24, 2.45) is 5.73 Å². The number of H-pyrrole nitrogens is 1. The van der Waals surface area contributed by atoms with Crippen LogP contribution in [-0.4, -0.2) is 34.9 Å². The zero-order valence-electron chi connectivity index (χ0n) is 16.0. The van der Waals surface area contributed by atoms with Crippen molar-refractivity contribution >= 4 is 21.8 Å². The number of hydrogen-bond donors (Lipinski definition) is 4. The summed E-state index contributed by atoms with van der Waals surface area (Å²) in [6.45, 7) is 2.18. The highest BCUT2D eigenvalue weighted by Gasteiger charge is 2.10. The number of benzene rings is 2. The Bertz CT molecular complexity index is 1100. The highest BCUT2D eigenvalue weighted by Crippen LogP contribution is 2.26. The van der Waals surface area contributed by atoms with Gasteiger partial charge in [-0.3, -0.25) is 5.32 Å². The number of aromatic amines is 1. The molecular formula is C22H26N4O2. The van der Waals surface area contributed by atoms with Gasteiger partial charge in [0.05, 0.1) is 13.8 Å². The number of hydrogen-bond acceptors (Lipinski definition) is 4. The Kier molecular flexibility index (Phi) is 5.23. The summed E-state index contributed by atoms with van der Waals surface area (Å²) in [5.74, 6) is 1.15. The minimum Gasteiger partial charge on any atom is -0.508 e. The van der Waals surface area contributed by atoms with Crippen LogP contribution in [0.2, 0.25) is 0 Å². The summed E-state index contributed by atoms with van der Waals surface area (Å²) < 4.78 is 7.59. The van der Waals surface area contributed by atoms with Crippen LogP contribution in [0.25, 0.3) is 21.8 Å². The molecule has 2 aromatic heterocycles. The number of aromatic nitrogens is 2. The molecule has 0 saturated carbocycles. The highest BCUT2D eigenvalue weighted by atomic mass is 16.5. The van der Waals surface area contributed by atoms with Gasteiger partial charge in [-0.05, 0) is 66.9 Å². The first kappa shape index (κ1) is 18.4. The summed E-state index contributed by atoms with van der Waals surface area (Å²) in [7, 11) is 1.69. The van der Waals surface area contributed by atoms with E-state index in [2.05, 4.69) is 33.2 Å². The van der Waals surface area contributed by atoms with Crippen molar-refractivity contribution in [3.63, 3.8) is 0 Å². The standard InChI is InChI=1S/C22H26N4O2/c1-28-18-3-5-22-20(11-18)16(6-8-23)13-26(22)14-24-9-7-15-12-25-21-4-2-17(27)10-19(15)21/h2-5,10-13,24-25,27H,6-9,14,23H2,1H3. The fourth-order valence-corrected chi connectivity index (χ4v) is 3.76. The highest BCUT2D eigenvalue weighted by molar-refractivity contribution is 5.86. The number of phenolic OH excluding ortho intramolecular Hbond substituents is 1. The normalized spacial score (nSPS) is 11.5. The summed E-state index contributed by atoms with van der Waals surface area (Å²) in [6.07, 6.45) is 5.91. The minimum absolute atomic E-state index is 0.294. The fraction of sp³-hybridized carbons (Fsp3) is 0.273. The smallest absolute Gasteiger partial charge is 0.119 e. The number of nitrogens with two attached hydrogens (primary N) is 1. The van der Waals surface area contributed by atoms with Gasteiger partial charge in [0.1, 0.15) is 11.5 Å². The van der Waals surface area contributed by atoms with E-state index in [0.717, 1.165) is 42.7 Å². The molecule has 0 aliphatic heterocycles. The molecule has 4 aromatic rings. The van der Waals surface area contributed by atoms with Crippen molar-refractivity contribution in [1.29, 1.82) is 0 Å². The van der Waals surface area contributed by atoms with Crippen molar-refractivity contribution in [1.82, 2.24) is 14.9 Å². The third-order valence-corrected chi connectivity index (χ3v) is 5.19. The predicted molar refractivity (Wildman–Crippen MR) is 113 cm³/mol. The van der Waals surface area contributed by atoms with E-state index in [1.165, 1.54) is 22.0 Å². The second kappa shape index (κ2) is 7.96. The molecule has 146 valence electrons. The van der Waals surface area contributed by atoms with E-state index in [9.17, 15) is 5.11 Å². The Morgan fingerprint density at radius 1 is 1.11 bits per heavy atom. The van der Waals surface area contributed by atoms with Gasteiger partial charge >= 0.3 is 0 Å². The largest absolute Gasteiger partial charge is 0.508 e. The second-order valence-corrected chi connectivity index (χ2v) is 7.00. The summed E-state index contributed by atoms with van der Waals surface area (Å²) in [4.78, 5) is 3.26. The van der Waals surface area contributed by atoms with Crippen LogP contribution in [0.15, 0.2) is 48.8 Å². The third-order valence-electron chi connectivity index (χ3n) is 5.19. The summed E-state index contributed by atoms with van der Waals surface area (Å²) >= 11 is 0. The SMILES string of the molecule is COc1ccc2c(c1)c(CCN)cn2CNCCc1c[nH]c2ccc(O)cc12. The molecule has 0 amide bonds. The number of nitrogens with zero attached hydrogens (tertiary/aromatic N) is 1. The Balaban J connectivity index is 1.46. The maximum Gasteiger partial charge on any atom is 0.119 e. The van der Waals surface area contributed by atoms with Crippen molar-refractivity contribution in [2.45, 2.75) is 19.5 Å². The average molecular weight is 378 g/mol. The summed E-state index contributed by atoms with van der Waals surface area (Å²) in [5, 5.41) is 15.5. The molecule has 0 aliphatic rings. The molecule has 0 saturated heterocycles. The van der Waals surface area contributed by atoms with Crippen LogP contribution in [0, 0.1) is 0 Å². The molecule has 6 nitrogen and oxygen atoms in total. The van der Waals surface area contributed by atoms with Crippen LogP contribution in [0.1, 0.15) is 11.1 Å². The number of phenols is 1. The van der Waals surface area contributed by atoms with Gasteiger partial charge in [0, 0.05) is 40.7 Å². The molecule has 0 fully saturated rings. The summed E-state index contributed by atoms with van der Waals surface area (Å²) in [6, 6.07) is 11.6. The van der Waals surface area contributed by atoms with E-state index < -0.39 is 0 Å². The second-order valence-electron chi connectivity index (χ2n) is 7.00. The van der Waals surface area contributed by atoms with E-state index in [-0.39, 0.29) is 0 Å². The number of methoxy groups -OCH3 is 1.